The molecule has 2 rings (SSSR count). The van der Waals surface area contributed by atoms with Crippen LogP contribution in [0.4, 0.5) is 14.5 Å². The zero-order chi connectivity index (χ0) is 10.8. The van der Waals surface area contributed by atoms with Crippen molar-refractivity contribution in [1.82, 2.24) is 4.90 Å². The van der Waals surface area contributed by atoms with Gasteiger partial charge in [-0.05, 0) is 38.2 Å². The van der Waals surface area contributed by atoms with E-state index < -0.39 is 11.6 Å². The van der Waals surface area contributed by atoms with Gasteiger partial charge in [-0.15, -0.1) is 0 Å². The minimum absolute atomic E-state index is 0.214. The first kappa shape index (κ1) is 10.4. The van der Waals surface area contributed by atoms with Gasteiger partial charge in [0.2, 0.25) is 0 Å². The molecule has 1 aromatic rings. The summed E-state index contributed by atoms with van der Waals surface area (Å²) in [7, 11) is 2.02. The molecule has 0 radical (unpaired) electrons. The van der Waals surface area contributed by atoms with Crippen molar-refractivity contribution >= 4 is 5.69 Å². The normalized spacial score (nSPS) is 21.9. The lowest BCUT2D eigenvalue weighted by molar-refractivity contribution is 0.414. The zero-order valence-electron chi connectivity index (χ0n) is 8.63. The average molecular weight is 212 g/mol. The van der Waals surface area contributed by atoms with E-state index in [9.17, 15) is 8.78 Å². The summed E-state index contributed by atoms with van der Waals surface area (Å²) in [6.07, 6.45) is 0.965. The standard InChI is InChI=1S/C11H14F2N2/c1-15-5-4-9(7-15)14-11-6-8(12)2-3-10(11)13/h2-3,6,9,14H,4-5,7H2,1H3. The quantitative estimate of drug-likeness (QED) is 0.807. The van der Waals surface area contributed by atoms with Crippen LogP contribution < -0.4 is 5.32 Å². The Kier molecular flexibility index (Phi) is 2.86. The van der Waals surface area contributed by atoms with Crippen LogP contribution in [0, 0.1) is 11.6 Å². The van der Waals surface area contributed by atoms with Crippen LogP contribution in [-0.4, -0.2) is 31.1 Å². The van der Waals surface area contributed by atoms with E-state index in [0.29, 0.717) is 0 Å². The van der Waals surface area contributed by atoms with Crippen LogP contribution in [0.3, 0.4) is 0 Å². The second-order valence-corrected chi connectivity index (χ2v) is 4.02. The zero-order valence-corrected chi connectivity index (χ0v) is 8.63. The van der Waals surface area contributed by atoms with Gasteiger partial charge in [0.05, 0.1) is 5.69 Å². The number of hydrogen-bond donors (Lipinski definition) is 1. The smallest absolute Gasteiger partial charge is 0.146 e. The van der Waals surface area contributed by atoms with Crippen LogP contribution >= 0.6 is 0 Å². The topological polar surface area (TPSA) is 15.3 Å². The number of anilines is 1. The van der Waals surface area contributed by atoms with E-state index in [1.165, 1.54) is 6.07 Å². The monoisotopic (exact) mass is 212 g/mol. The van der Waals surface area contributed by atoms with Crippen molar-refractivity contribution in [2.24, 2.45) is 0 Å². The maximum Gasteiger partial charge on any atom is 0.146 e. The minimum Gasteiger partial charge on any atom is -0.379 e. The van der Waals surface area contributed by atoms with Crippen molar-refractivity contribution in [2.75, 3.05) is 25.5 Å². The van der Waals surface area contributed by atoms with Gasteiger partial charge in [-0.25, -0.2) is 8.78 Å². The van der Waals surface area contributed by atoms with Crippen LogP contribution in [-0.2, 0) is 0 Å². The van der Waals surface area contributed by atoms with E-state index in [-0.39, 0.29) is 11.7 Å². The minimum atomic E-state index is -0.412. The molecule has 1 aliphatic heterocycles. The Labute approximate surface area is 87.9 Å². The molecular weight excluding hydrogens is 198 g/mol. The molecule has 1 aliphatic rings. The van der Waals surface area contributed by atoms with E-state index in [4.69, 9.17) is 0 Å². The summed E-state index contributed by atoms with van der Waals surface area (Å²) in [6.45, 7) is 1.87. The maximum absolute atomic E-state index is 13.3. The van der Waals surface area contributed by atoms with Gasteiger partial charge in [0, 0.05) is 12.6 Å². The third-order valence-electron chi connectivity index (χ3n) is 2.68. The van der Waals surface area contributed by atoms with E-state index in [1.54, 1.807) is 0 Å². The number of nitrogens with one attached hydrogen (secondary N) is 1. The van der Waals surface area contributed by atoms with Gasteiger partial charge in [-0.2, -0.15) is 0 Å². The summed E-state index contributed by atoms with van der Waals surface area (Å²) in [4.78, 5) is 2.16. The predicted octanol–water partition coefficient (Wildman–Crippen LogP) is 2.08. The highest BCUT2D eigenvalue weighted by atomic mass is 19.1. The van der Waals surface area contributed by atoms with E-state index in [2.05, 4.69) is 10.2 Å². The first-order chi connectivity index (χ1) is 7.15. The van der Waals surface area contributed by atoms with Crippen molar-refractivity contribution in [2.45, 2.75) is 12.5 Å². The van der Waals surface area contributed by atoms with E-state index in [0.717, 1.165) is 31.6 Å². The van der Waals surface area contributed by atoms with Crippen LogP contribution in [0.15, 0.2) is 18.2 Å². The molecule has 2 nitrogen and oxygen atoms in total. The Bertz CT molecular complexity index is 354. The Morgan fingerprint density at radius 3 is 2.87 bits per heavy atom. The lowest BCUT2D eigenvalue weighted by Gasteiger charge is -2.14. The number of likely N-dealkylation sites (tertiary alicyclic amines) is 1. The fourth-order valence-electron chi connectivity index (χ4n) is 1.88. The lowest BCUT2D eigenvalue weighted by Crippen LogP contribution is -2.24. The highest BCUT2D eigenvalue weighted by Crippen LogP contribution is 2.19. The molecule has 1 aromatic carbocycles. The SMILES string of the molecule is CN1CCC(Nc2cc(F)ccc2F)C1. The molecular formula is C11H14F2N2. The molecule has 0 amide bonds. The Morgan fingerprint density at radius 1 is 1.40 bits per heavy atom. The fourth-order valence-corrected chi connectivity index (χ4v) is 1.88. The van der Waals surface area contributed by atoms with Crippen LogP contribution in [0.5, 0.6) is 0 Å². The first-order valence-electron chi connectivity index (χ1n) is 5.05. The Balaban J connectivity index is 2.07. The molecule has 1 unspecified atom stereocenters. The van der Waals surface area contributed by atoms with Crippen molar-refractivity contribution < 1.29 is 8.78 Å². The Morgan fingerprint density at radius 2 is 2.20 bits per heavy atom. The summed E-state index contributed by atoms with van der Waals surface area (Å²) in [5, 5.41) is 3.02. The lowest BCUT2D eigenvalue weighted by atomic mass is 10.2. The molecule has 82 valence electrons. The van der Waals surface area contributed by atoms with Crippen LogP contribution in [0.1, 0.15) is 6.42 Å². The molecule has 1 N–H and O–H groups in total. The number of benzene rings is 1. The van der Waals surface area contributed by atoms with Crippen LogP contribution in [0.2, 0.25) is 0 Å². The molecule has 1 atom stereocenters. The van der Waals surface area contributed by atoms with Gasteiger partial charge < -0.3 is 10.2 Å². The molecule has 1 heterocycles. The number of hydrogen-bond acceptors (Lipinski definition) is 2. The summed E-state index contributed by atoms with van der Waals surface area (Å²) >= 11 is 0. The molecule has 1 saturated heterocycles. The fraction of sp³-hybridized carbons (Fsp3) is 0.455. The molecule has 0 saturated carbocycles. The van der Waals surface area contributed by atoms with E-state index >= 15 is 0 Å². The van der Waals surface area contributed by atoms with Gasteiger partial charge >= 0.3 is 0 Å². The Hall–Kier alpha value is -1.16. The number of nitrogens with zero attached hydrogens (tertiary/aromatic N) is 1. The second-order valence-electron chi connectivity index (χ2n) is 4.02. The van der Waals surface area contributed by atoms with E-state index in [1.807, 2.05) is 7.05 Å². The molecule has 0 aromatic heterocycles. The molecule has 15 heavy (non-hydrogen) atoms. The third-order valence-corrected chi connectivity index (χ3v) is 2.68. The maximum atomic E-state index is 13.3. The van der Waals surface area contributed by atoms with Crippen molar-refractivity contribution in [3.63, 3.8) is 0 Å². The van der Waals surface area contributed by atoms with Crippen LogP contribution in [0.25, 0.3) is 0 Å². The first-order valence-corrected chi connectivity index (χ1v) is 5.05. The number of likely N-dealkylation sites (N-methyl/N-ethyl adjacent to an activating group) is 1. The number of rotatable bonds is 2. The van der Waals surface area contributed by atoms with Gasteiger partial charge in [0.25, 0.3) is 0 Å². The highest BCUT2D eigenvalue weighted by molar-refractivity contribution is 5.46. The summed E-state index contributed by atoms with van der Waals surface area (Å²) in [5.41, 5.74) is 0.260. The third kappa shape index (κ3) is 2.45. The van der Waals surface area contributed by atoms with Gasteiger partial charge in [-0.3, -0.25) is 0 Å². The van der Waals surface area contributed by atoms with Crippen molar-refractivity contribution in [3.05, 3.63) is 29.8 Å². The second kappa shape index (κ2) is 4.14. The molecule has 4 heteroatoms. The van der Waals surface area contributed by atoms with Gasteiger partial charge in [-0.1, -0.05) is 0 Å². The van der Waals surface area contributed by atoms with Crippen molar-refractivity contribution in [1.29, 1.82) is 0 Å². The average Bonchev–Trinajstić information content (AvgIpc) is 2.58. The largest absolute Gasteiger partial charge is 0.379 e. The molecule has 1 fully saturated rings. The van der Waals surface area contributed by atoms with Gasteiger partial charge in [0.1, 0.15) is 11.6 Å². The van der Waals surface area contributed by atoms with Gasteiger partial charge in [0.15, 0.2) is 0 Å². The summed E-state index contributed by atoms with van der Waals surface area (Å²) in [6, 6.07) is 3.69. The predicted molar refractivity (Wildman–Crippen MR) is 55.9 cm³/mol. The summed E-state index contributed by atoms with van der Waals surface area (Å²) < 4.78 is 26.2. The molecule has 0 bridgehead atoms. The molecule has 0 aliphatic carbocycles. The highest BCUT2D eigenvalue weighted by Gasteiger charge is 2.20. The number of halogens is 2. The van der Waals surface area contributed by atoms with Crippen molar-refractivity contribution in [3.8, 4) is 0 Å². The molecule has 0 spiro atoms. The summed E-state index contributed by atoms with van der Waals surface area (Å²) in [5.74, 6) is -0.809.